The van der Waals surface area contributed by atoms with Gasteiger partial charge in [-0.15, -0.1) is 11.3 Å². The van der Waals surface area contributed by atoms with Gasteiger partial charge < -0.3 is 10.4 Å². The largest absolute Gasteiger partial charge is 0.396 e. The summed E-state index contributed by atoms with van der Waals surface area (Å²) in [6, 6.07) is 2.11. The molecule has 1 aromatic heterocycles. The lowest BCUT2D eigenvalue weighted by Gasteiger charge is -2.22. The van der Waals surface area contributed by atoms with Crippen molar-refractivity contribution in [1.29, 1.82) is 0 Å². The van der Waals surface area contributed by atoms with E-state index in [1.807, 2.05) is 6.92 Å². The number of amides is 1. The minimum absolute atomic E-state index is 0.0604. The van der Waals surface area contributed by atoms with Crippen LogP contribution in [0.2, 0.25) is 0 Å². The van der Waals surface area contributed by atoms with Gasteiger partial charge in [0, 0.05) is 18.0 Å². The van der Waals surface area contributed by atoms with E-state index < -0.39 is 0 Å². The van der Waals surface area contributed by atoms with Gasteiger partial charge in [-0.05, 0) is 55.0 Å². The number of carbonyl (C=O) groups is 1. The van der Waals surface area contributed by atoms with Gasteiger partial charge >= 0.3 is 0 Å². The van der Waals surface area contributed by atoms with E-state index in [1.165, 1.54) is 10.4 Å². The van der Waals surface area contributed by atoms with Crippen molar-refractivity contribution in [3.05, 3.63) is 21.9 Å². The standard InChI is InChI=1S/C15H23NO2S/c1-11(10-17)4-3-8-16-15(18)13-5-2-6-14-12(13)7-9-19-14/h7,9,11,13,17H,2-6,8,10H2,1H3,(H,16,18). The molecule has 2 rings (SSSR count). The van der Waals surface area contributed by atoms with Crippen molar-refractivity contribution >= 4 is 17.2 Å². The van der Waals surface area contributed by atoms with Crippen LogP contribution < -0.4 is 5.32 Å². The average molecular weight is 281 g/mol. The Kier molecular flexibility index (Phi) is 5.40. The zero-order chi connectivity index (χ0) is 13.7. The predicted molar refractivity (Wildman–Crippen MR) is 78.5 cm³/mol. The van der Waals surface area contributed by atoms with Gasteiger partial charge in [0.25, 0.3) is 0 Å². The molecule has 1 heterocycles. The first-order chi connectivity index (χ1) is 9.22. The molecule has 0 saturated carbocycles. The van der Waals surface area contributed by atoms with Crippen LogP contribution in [0.15, 0.2) is 11.4 Å². The van der Waals surface area contributed by atoms with Crippen molar-refractivity contribution in [2.75, 3.05) is 13.2 Å². The SMILES string of the molecule is CC(CO)CCCNC(=O)C1CCCc2sccc21. The number of nitrogens with one attached hydrogen (secondary N) is 1. The van der Waals surface area contributed by atoms with Crippen LogP contribution >= 0.6 is 11.3 Å². The molecule has 2 unspecified atom stereocenters. The van der Waals surface area contributed by atoms with Gasteiger partial charge in [0.05, 0.1) is 5.92 Å². The maximum absolute atomic E-state index is 12.2. The summed E-state index contributed by atoms with van der Waals surface area (Å²) in [5.74, 6) is 0.566. The van der Waals surface area contributed by atoms with Crippen LogP contribution in [-0.2, 0) is 11.2 Å². The van der Waals surface area contributed by atoms with Crippen LogP contribution in [-0.4, -0.2) is 24.2 Å². The van der Waals surface area contributed by atoms with Gasteiger partial charge in [0.2, 0.25) is 5.91 Å². The fraction of sp³-hybridized carbons (Fsp3) is 0.667. The lowest BCUT2D eigenvalue weighted by atomic mass is 9.87. The van der Waals surface area contributed by atoms with Gasteiger partial charge in [0.15, 0.2) is 0 Å². The third-order valence-electron chi connectivity index (χ3n) is 3.85. The molecule has 4 heteroatoms. The summed E-state index contributed by atoms with van der Waals surface area (Å²) >= 11 is 1.77. The zero-order valence-corrected chi connectivity index (χ0v) is 12.3. The molecule has 1 amide bonds. The number of aryl methyl sites for hydroxylation is 1. The van der Waals surface area contributed by atoms with Crippen molar-refractivity contribution in [2.24, 2.45) is 5.92 Å². The number of hydrogen-bond donors (Lipinski definition) is 2. The molecule has 0 aromatic carbocycles. The minimum atomic E-state index is 0.0604. The van der Waals surface area contributed by atoms with Crippen molar-refractivity contribution < 1.29 is 9.90 Å². The van der Waals surface area contributed by atoms with E-state index >= 15 is 0 Å². The van der Waals surface area contributed by atoms with E-state index in [-0.39, 0.29) is 18.4 Å². The molecule has 1 aliphatic rings. The van der Waals surface area contributed by atoms with E-state index in [4.69, 9.17) is 5.11 Å². The summed E-state index contributed by atoms with van der Waals surface area (Å²) in [5.41, 5.74) is 1.25. The monoisotopic (exact) mass is 281 g/mol. The number of thiophene rings is 1. The highest BCUT2D eigenvalue weighted by Gasteiger charge is 2.26. The lowest BCUT2D eigenvalue weighted by Crippen LogP contribution is -2.31. The lowest BCUT2D eigenvalue weighted by molar-refractivity contribution is -0.122. The highest BCUT2D eigenvalue weighted by Crippen LogP contribution is 2.34. The van der Waals surface area contributed by atoms with E-state index in [0.29, 0.717) is 5.92 Å². The quantitative estimate of drug-likeness (QED) is 0.788. The number of hydrogen-bond acceptors (Lipinski definition) is 3. The molecule has 19 heavy (non-hydrogen) atoms. The zero-order valence-electron chi connectivity index (χ0n) is 11.5. The Labute approximate surface area is 119 Å². The second-order valence-corrected chi connectivity index (χ2v) is 6.47. The topological polar surface area (TPSA) is 49.3 Å². The number of rotatable bonds is 6. The van der Waals surface area contributed by atoms with Gasteiger partial charge in [0.1, 0.15) is 0 Å². The third kappa shape index (κ3) is 3.80. The van der Waals surface area contributed by atoms with E-state index in [2.05, 4.69) is 16.8 Å². The van der Waals surface area contributed by atoms with E-state index in [9.17, 15) is 4.79 Å². The Morgan fingerprint density at radius 2 is 2.47 bits per heavy atom. The smallest absolute Gasteiger partial charge is 0.227 e. The fourth-order valence-corrected chi connectivity index (χ4v) is 3.62. The molecular formula is C15H23NO2S. The normalized spacial score (nSPS) is 19.8. The Morgan fingerprint density at radius 3 is 3.26 bits per heavy atom. The van der Waals surface area contributed by atoms with Crippen LogP contribution in [0.1, 0.15) is 49.0 Å². The molecule has 106 valence electrons. The van der Waals surface area contributed by atoms with Crippen molar-refractivity contribution in [3.8, 4) is 0 Å². The summed E-state index contributed by atoms with van der Waals surface area (Å²) in [6.07, 6.45) is 5.13. The molecule has 0 radical (unpaired) electrons. The molecule has 1 aromatic rings. The first-order valence-corrected chi connectivity index (χ1v) is 8.05. The van der Waals surface area contributed by atoms with E-state index in [0.717, 1.165) is 38.6 Å². The summed E-state index contributed by atoms with van der Waals surface area (Å²) in [5, 5.41) is 14.1. The highest BCUT2D eigenvalue weighted by atomic mass is 32.1. The first kappa shape index (κ1) is 14.5. The van der Waals surface area contributed by atoms with Gasteiger partial charge in [-0.25, -0.2) is 0 Å². The molecule has 1 aliphatic carbocycles. The van der Waals surface area contributed by atoms with Crippen molar-refractivity contribution in [3.63, 3.8) is 0 Å². The second-order valence-electron chi connectivity index (χ2n) is 5.46. The predicted octanol–water partition coefficient (Wildman–Crippen LogP) is 2.69. The summed E-state index contributed by atoms with van der Waals surface area (Å²) in [6.45, 7) is 2.98. The van der Waals surface area contributed by atoms with Crippen LogP contribution in [0, 0.1) is 5.92 Å². The number of carbonyl (C=O) groups excluding carboxylic acids is 1. The molecule has 0 fully saturated rings. The van der Waals surface area contributed by atoms with Crippen LogP contribution in [0.25, 0.3) is 0 Å². The van der Waals surface area contributed by atoms with E-state index in [1.54, 1.807) is 11.3 Å². The summed E-state index contributed by atoms with van der Waals surface area (Å²) in [4.78, 5) is 13.6. The highest BCUT2D eigenvalue weighted by molar-refractivity contribution is 7.10. The van der Waals surface area contributed by atoms with Gasteiger partial charge in [-0.2, -0.15) is 0 Å². The second kappa shape index (κ2) is 7.06. The molecule has 0 bridgehead atoms. The third-order valence-corrected chi connectivity index (χ3v) is 4.85. The molecule has 2 atom stereocenters. The number of fused-ring (bicyclic) bond motifs is 1. The van der Waals surface area contributed by atoms with Crippen molar-refractivity contribution in [1.82, 2.24) is 5.32 Å². The molecule has 0 spiro atoms. The van der Waals surface area contributed by atoms with Crippen LogP contribution in [0.3, 0.4) is 0 Å². The molecule has 0 saturated heterocycles. The molecule has 3 nitrogen and oxygen atoms in total. The molecule has 2 N–H and O–H groups in total. The van der Waals surface area contributed by atoms with Gasteiger partial charge in [-0.3, -0.25) is 4.79 Å². The average Bonchev–Trinajstić information content (AvgIpc) is 2.91. The van der Waals surface area contributed by atoms with Gasteiger partial charge in [-0.1, -0.05) is 6.92 Å². The first-order valence-electron chi connectivity index (χ1n) is 7.17. The Bertz CT molecular complexity index is 416. The number of aliphatic hydroxyl groups excluding tert-OH is 1. The fourth-order valence-electron chi connectivity index (χ4n) is 2.64. The van der Waals surface area contributed by atoms with Crippen LogP contribution in [0.5, 0.6) is 0 Å². The number of aliphatic hydroxyl groups is 1. The molecular weight excluding hydrogens is 258 g/mol. The maximum atomic E-state index is 12.2. The summed E-state index contributed by atoms with van der Waals surface area (Å²) < 4.78 is 0. The van der Waals surface area contributed by atoms with Crippen LogP contribution in [0.4, 0.5) is 0 Å². The minimum Gasteiger partial charge on any atom is -0.396 e. The van der Waals surface area contributed by atoms with Crippen molar-refractivity contribution in [2.45, 2.75) is 44.9 Å². The Morgan fingerprint density at radius 1 is 1.63 bits per heavy atom. The summed E-state index contributed by atoms with van der Waals surface area (Å²) in [7, 11) is 0. The Balaban J connectivity index is 1.79. The molecule has 0 aliphatic heterocycles. The Hall–Kier alpha value is -0.870. The maximum Gasteiger partial charge on any atom is 0.227 e.